The zero-order chi connectivity index (χ0) is 21.0. The molecular formula is C19H12O10. The number of carboxylic acid groups (broad SMARTS) is 1. The zero-order valence-corrected chi connectivity index (χ0v) is 14.6. The number of ether oxygens (including phenoxy) is 1. The lowest BCUT2D eigenvalue weighted by Gasteiger charge is -2.03. The summed E-state index contributed by atoms with van der Waals surface area (Å²) in [5.74, 6) is -5.62. The van der Waals surface area contributed by atoms with E-state index in [-0.39, 0.29) is 33.1 Å². The molecule has 29 heavy (non-hydrogen) atoms. The van der Waals surface area contributed by atoms with Crippen molar-refractivity contribution in [2.45, 2.75) is 0 Å². The van der Waals surface area contributed by atoms with Gasteiger partial charge in [0.1, 0.15) is 11.2 Å². The first-order valence-electron chi connectivity index (χ1n) is 8.01. The van der Waals surface area contributed by atoms with E-state index in [1.807, 2.05) is 0 Å². The Hall–Kier alpha value is -4.34. The Balaban J connectivity index is 2.22. The van der Waals surface area contributed by atoms with Gasteiger partial charge in [0.2, 0.25) is 11.5 Å². The molecule has 0 aliphatic rings. The van der Waals surface area contributed by atoms with E-state index < -0.39 is 46.5 Å². The second kappa shape index (κ2) is 6.09. The van der Waals surface area contributed by atoms with E-state index in [9.17, 15) is 35.1 Å². The maximum Gasteiger partial charge on any atom is 0.374 e. The van der Waals surface area contributed by atoms with Gasteiger partial charge in [-0.25, -0.2) is 9.59 Å². The maximum atomic E-state index is 12.3. The number of rotatable bonds is 3. The number of esters is 1. The van der Waals surface area contributed by atoms with E-state index in [4.69, 9.17) is 13.6 Å². The summed E-state index contributed by atoms with van der Waals surface area (Å²) in [6, 6.07) is 4.22. The minimum atomic E-state index is -1.50. The van der Waals surface area contributed by atoms with Gasteiger partial charge in [0.05, 0.1) is 7.11 Å². The van der Waals surface area contributed by atoms with Crippen LogP contribution in [0.1, 0.15) is 21.1 Å². The molecule has 0 bridgehead atoms. The van der Waals surface area contributed by atoms with Crippen LogP contribution in [0.2, 0.25) is 0 Å². The number of phenolic OH excluding ortho intramolecular Hbond substituents is 4. The average Bonchev–Trinajstić information content (AvgIpc) is 3.20. The first-order chi connectivity index (χ1) is 13.7. The lowest BCUT2D eigenvalue weighted by atomic mass is 9.98. The smallest absolute Gasteiger partial charge is 0.374 e. The van der Waals surface area contributed by atoms with Crippen LogP contribution in [0.25, 0.3) is 33.1 Å². The van der Waals surface area contributed by atoms with Gasteiger partial charge in [0.25, 0.3) is 0 Å². The molecule has 148 valence electrons. The van der Waals surface area contributed by atoms with Gasteiger partial charge in [-0.2, -0.15) is 0 Å². The summed E-state index contributed by atoms with van der Waals surface area (Å²) < 4.78 is 15.5. The summed E-state index contributed by atoms with van der Waals surface area (Å²) in [6.07, 6.45) is 0. The highest BCUT2D eigenvalue weighted by Gasteiger charge is 2.31. The summed E-state index contributed by atoms with van der Waals surface area (Å²) >= 11 is 0. The summed E-state index contributed by atoms with van der Waals surface area (Å²) in [7, 11) is 1.09. The third kappa shape index (κ3) is 2.57. The quantitative estimate of drug-likeness (QED) is 0.254. The molecule has 0 spiro atoms. The topological polar surface area (TPSA) is 171 Å². The zero-order valence-electron chi connectivity index (χ0n) is 14.6. The normalized spacial score (nSPS) is 11.2. The highest BCUT2D eigenvalue weighted by atomic mass is 16.5. The molecule has 4 aromatic rings. The number of fused-ring (bicyclic) bond motifs is 2. The van der Waals surface area contributed by atoms with Crippen molar-refractivity contribution in [1.82, 2.24) is 0 Å². The van der Waals surface area contributed by atoms with Crippen molar-refractivity contribution in [1.29, 1.82) is 0 Å². The Morgan fingerprint density at radius 3 is 1.62 bits per heavy atom. The third-order valence-corrected chi connectivity index (χ3v) is 4.39. The second-order valence-corrected chi connectivity index (χ2v) is 6.08. The van der Waals surface area contributed by atoms with Gasteiger partial charge in [0.15, 0.2) is 23.0 Å². The van der Waals surface area contributed by atoms with Crippen LogP contribution in [0.15, 0.2) is 33.1 Å². The molecule has 0 atom stereocenters. The number of benzene rings is 2. The number of methoxy groups -OCH3 is 1. The Morgan fingerprint density at radius 1 is 0.759 bits per heavy atom. The third-order valence-electron chi connectivity index (χ3n) is 4.39. The monoisotopic (exact) mass is 400 g/mol. The number of aromatic carboxylic acids is 1. The Morgan fingerprint density at radius 2 is 1.17 bits per heavy atom. The average molecular weight is 400 g/mol. The van der Waals surface area contributed by atoms with Crippen LogP contribution in [0.3, 0.4) is 0 Å². The van der Waals surface area contributed by atoms with Gasteiger partial charge < -0.3 is 39.1 Å². The van der Waals surface area contributed by atoms with Crippen LogP contribution in [-0.4, -0.2) is 44.6 Å². The molecule has 0 aliphatic heterocycles. The molecule has 0 saturated carbocycles. The van der Waals surface area contributed by atoms with E-state index in [2.05, 4.69) is 0 Å². The minimum absolute atomic E-state index is 0.0376. The van der Waals surface area contributed by atoms with Crippen LogP contribution in [0, 0.1) is 0 Å². The van der Waals surface area contributed by atoms with Crippen LogP contribution < -0.4 is 0 Å². The highest BCUT2D eigenvalue weighted by Crippen LogP contribution is 2.46. The molecule has 5 N–H and O–H groups in total. The maximum absolute atomic E-state index is 12.3. The predicted molar refractivity (Wildman–Crippen MR) is 96.4 cm³/mol. The number of carbonyl (C=O) groups excluding carboxylic acids is 1. The summed E-state index contributed by atoms with van der Waals surface area (Å²) in [5.41, 5.74) is -0.360. The van der Waals surface area contributed by atoms with Crippen molar-refractivity contribution < 1.29 is 48.7 Å². The van der Waals surface area contributed by atoms with Gasteiger partial charge in [-0.3, -0.25) is 0 Å². The van der Waals surface area contributed by atoms with E-state index in [0.29, 0.717) is 0 Å². The van der Waals surface area contributed by atoms with E-state index in [0.717, 1.165) is 31.4 Å². The fourth-order valence-electron chi connectivity index (χ4n) is 3.12. The largest absolute Gasteiger partial charge is 0.504 e. The molecule has 10 nitrogen and oxygen atoms in total. The minimum Gasteiger partial charge on any atom is -0.504 e. The lowest BCUT2D eigenvalue weighted by molar-refractivity contribution is 0.0567. The van der Waals surface area contributed by atoms with Crippen molar-refractivity contribution in [2.24, 2.45) is 0 Å². The van der Waals surface area contributed by atoms with Crippen LogP contribution in [-0.2, 0) is 4.74 Å². The van der Waals surface area contributed by atoms with Crippen LogP contribution in [0.4, 0.5) is 0 Å². The van der Waals surface area contributed by atoms with Gasteiger partial charge >= 0.3 is 11.9 Å². The van der Waals surface area contributed by atoms with E-state index in [1.54, 1.807) is 0 Å². The van der Waals surface area contributed by atoms with E-state index in [1.165, 1.54) is 0 Å². The molecule has 10 heteroatoms. The van der Waals surface area contributed by atoms with Crippen LogP contribution >= 0.6 is 0 Å². The molecule has 2 aromatic carbocycles. The van der Waals surface area contributed by atoms with Crippen molar-refractivity contribution in [3.63, 3.8) is 0 Å². The van der Waals surface area contributed by atoms with Crippen molar-refractivity contribution in [3.05, 3.63) is 35.8 Å². The SMILES string of the molecule is COC(=O)c1oc2cc(O)c(O)cc2c1-c1c(C(=O)O)oc2cc(O)c(O)cc12. The Bertz CT molecular complexity index is 1320. The fraction of sp³-hybridized carbons (Fsp3) is 0.0526. The second-order valence-electron chi connectivity index (χ2n) is 6.08. The molecule has 0 radical (unpaired) electrons. The molecule has 0 saturated heterocycles. The predicted octanol–water partition coefficient (Wildman–Crippen LogP) is 3.15. The number of aromatic hydroxyl groups is 4. The molecule has 2 heterocycles. The molecule has 0 aliphatic carbocycles. The molecule has 0 fully saturated rings. The number of phenols is 4. The molecule has 2 aromatic heterocycles. The van der Waals surface area contributed by atoms with E-state index >= 15 is 0 Å². The Kier molecular flexibility index (Phi) is 3.79. The number of furan rings is 2. The number of carboxylic acids is 1. The fourth-order valence-corrected chi connectivity index (χ4v) is 3.12. The van der Waals surface area contributed by atoms with Gasteiger partial charge in [-0.15, -0.1) is 0 Å². The number of carbonyl (C=O) groups is 2. The standard InChI is InChI=1S/C19H12O10/c1-27-19(26)17-15(7-3-9(21)11(23)5-13(7)29-17)14-6-2-8(20)10(22)4-12(6)28-16(14)18(24)25/h2-5,20-23H,1H3,(H,24,25). The van der Waals surface area contributed by atoms with Crippen molar-refractivity contribution in [2.75, 3.05) is 7.11 Å². The molecule has 0 amide bonds. The van der Waals surface area contributed by atoms with Crippen molar-refractivity contribution >= 4 is 33.9 Å². The Labute approximate surface area is 160 Å². The molecule has 4 rings (SSSR count). The number of hydrogen-bond acceptors (Lipinski definition) is 9. The first kappa shape index (κ1) is 18.0. The molecule has 0 unspecified atom stereocenters. The summed E-state index contributed by atoms with van der Waals surface area (Å²) in [4.78, 5) is 24.1. The highest BCUT2D eigenvalue weighted by molar-refractivity contribution is 6.16. The molecular weight excluding hydrogens is 388 g/mol. The lowest BCUT2D eigenvalue weighted by Crippen LogP contribution is -2.03. The number of hydrogen-bond donors (Lipinski definition) is 5. The van der Waals surface area contributed by atoms with Crippen LogP contribution in [0.5, 0.6) is 23.0 Å². The van der Waals surface area contributed by atoms with Gasteiger partial charge in [-0.1, -0.05) is 0 Å². The van der Waals surface area contributed by atoms with Gasteiger partial charge in [0, 0.05) is 34.0 Å². The first-order valence-corrected chi connectivity index (χ1v) is 8.01. The summed E-state index contributed by atoms with van der Waals surface area (Å²) in [6.45, 7) is 0. The summed E-state index contributed by atoms with van der Waals surface area (Å²) in [5, 5.41) is 48.9. The van der Waals surface area contributed by atoms with Crippen molar-refractivity contribution in [3.8, 4) is 34.1 Å². The van der Waals surface area contributed by atoms with Gasteiger partial charge in [-0.05, 0) is 12.1 Å².